The molecule has 1 amide bonds. The minimum absolute atomic E-state index is 0.0641. The third-order valence-electron chi connectivity index (χ3n) is 3.41. The fourth-order valence-corrected chi connectivity index (χ4v) is 2.03. The molecule has 120 valence electrons. The van der Waals surface area contributed by atoms with Crippen LogP contribution in [0, 0.1) is 0 Å². The molecule has 0 bridgehead atoms. The molecule has 1 atom stereocenters. The standard InChI is InChI=1S/C18H19NO4/c1-13(14-5-3-2-4-6-14)11-19-17(21)12-23-18(22)15-7-9-16(20)10-8-15/h2-10,13,20H,11-12H2,1H3,(H,19,21). The van der Waals surface area contributed by atoms with E-state index in [0.29, 0.717) is 6.54 Å². The zero-order chi connectivity index (χ0) is 16.7. The zero-order valence-electron chi connectivity index (χ0n) is 12.9. The number of hydrogen-bond donors (Lipinski definition) is 2. The fourth-order valence-electron chi connectivity index (χ4n) is 2.03. The number of esters is 1. The van der Waals surface area contributed by atoms with Crippen molar-refractivity contribution in [3.63, 3.8) is 0 Å². The average Bonchev–Trinajstić information content (AvgIpc) is 2.59. The van der Waals surface area contributed by atoms with Gasteiger partial charge in [0.2, 0.25) is 0 Å². The Morgan fingerprint density at radius 2 is 1.74 bits per heavy atom. The Bertz CT molecular complexity index is 652. The van der Waals surface area contributed by atoms with Gasteiger partial charge in [-0.2, -0.15) is 0 Å². The Labute approximate surface area is 134 Å². The van der Waals surface area contributed by atoms with E-state index in [9.17, 15) is 9.59 Å². The van der Waals surface area contributed by atoms with Crippen molar-refractivity contribution in [2.24, 2.45) is 0 Å². The monoisotopic (exact) mass is 313 g/mol. The maximum absolute atomic E-state index is 11.7. The molecule has 0 heterocycles. The van der Waals surface area contributed by atoms with Gasteiger partial charge in [0.15, 0.2) is 6.61 Å². The second kappa shape index (κ2) is 7.98. The highest BCUT2D eigenvalue weighted by atomic mass is 16.5. The Balaban J connectivity index is 1.75. The fraction of sp³-hybridized carbons (Fsp3) is 0.222. The summed E-state index contributed by atoms with van der Waals surface area (Å²) in [4.78, 5) is 23.5. The number of nitrogens with one attached hydrogen (secondary N) is 1. The maximum atomic E-state index is 11.7. The van der Waals surface area contributed by atoms with E-state index in [1.54, 1.807) is 0 Å². The lowest BCUT2D eigenvalue weighted by atomic mass is 10.0. The lowest BCUT2D eigenvalue weighted by Crippen LogP contribution is -2.31. The number of ether oxygens (including phenoxy) is 1. The molecule has 2 aromatic carbocycles. The first-order valence-corrected chi connectivity index (χ1v) is 7.34. The average molecular weight is 313 g/mol. The van der Waals surface area contributed by atoms with Crippen molar-refractivity contribution in [3.05, 3.63) is 65.7 Å². The lowest BCUT2D eigenvalue weighted by Gasteiger charge is -2.13. The molecule has 2 N–H and O–H groups in total. The molecule has 0 aromatic heterocycles. The summed E-state index contributed by atoms with van der Waals surface area (Å²) >= 11 is 0. The molecule has 0 saturated carbocycles. The quantitative estimate of drug-likeness (QED) is 0.803. The highest BCUT2D eigenvalue weighted by Gasteiger charge is 2.11. The van der Waals surface area contributed by atoms with Gasteiger partial charge in [-0.15, -0.1) is 0 Å². The summed E-state index contributed by atoms with van der Waals surface area (Å²) in [5.74, 6) is -0.710. The molecule has 0 spiro atoms. The molecule has 0 aliphatic carbocycles. The van der Waals surface area contributed by atoms with Crippen LogP contribution in [0.15, 0.2) is 54.6 Å². The predicted molar refractivity (Wildman–Crippen MR) is 86.3 cm³/mol. The van der Waals surface area contributed by atoms with Crippen LogP contribution in [-0.2, 0) is 9.53 Å². The molecule has 5 heteroatoms. The van der Waals surface area contributed by atoms with Crippen molar-refractivity contribution in [3.8, 4) is 5.75 Å². The van der Waals surface area contributed by atoms with Crippen LogP contribution in [0.2, 0.25) is 0 Å². The number of hydrogen-bond acceptors (Lipinski definition) is 4. The van der Waals surface area contributed by atoms with Gasteiger partial charge in [-0.3, -0.25) is 4.79 Å². The number of aromatic hydroxyl groups is 1. The van der Waals surface area contributed by atoms with Gasteiger partial charge in [-0.1, -0.05) is 37.3 Å². The second-order valence-electron chi connectivity index (χ2n) is 5.24. The largest absolute Gasteiger partial charge is 0.508 e. The van der Waals surface area contributed by atoms with Crippen LogP contribution in [0.3, 0.4) is 0 Å². The van der Waals surface area contributed by atoms with Gasteiger partial charge in [-0.05, 0) is 35.7 Å². The summed E-state index contributed by atoms with van der Waals surface area (Å²) in [5.41, 5.74) is 1.42. The van der Waals surface area contributed by atoms with E-state index in [0.717, 1.165) is 5.56 Å². The van der Waals surface area contributed by atoms with E-state index in [1.807, 2.05) is 37.3 Å². The molecule has 2 rings (SSSR count). The number of carbonyl (C=O) groups is 2. The van der Waals surface area contributed by atoms with Gasteiger partial charge >= 0.3 is 5.97 Å². The molecule has 0 fully saturated rings. The minimum atomic E-state index is -0.601. The van der Waals surface area contributed by atoms with Gasteiger partial charge in [-0.25, -0.2) is 4.79 Å². The van der Waals surface area contributed by atoms with Crippen molar-refractivity contribution in [1.29, 1.82) is 0 Å². The summed E-state index contributed by atoms with van der Waals surface area (Å²) in [5, 5.41) is 11.9. The predicted octanol–water partition coefficient (Wildman–Crippen LogP) is 2.47. The van der Waals surface area contributed by atoms with Crippen molar-refractivity contribution >= 4 is 11.9 Å². The van der Waals surface area contributed by atoms with Crippen LogP contribution >= 0.6 is 0 Å². The van der Waals surface area contributed by atoms with E-state index < -0.39 is 5.97 Å². The molecular weight excluding hydrogens is 294 g/mol. The van der Waals surface area contributed by atoms with E-state index in [2.05, 4.69) is 5.32 Å². The minimum Gasteiger partial charge on any atom is -0.508 e. The van der Waals surface area contributed by atoms with Gasteiger partial charge < -0.3 is 15.2 Å². The van der Waals surface area contributed by atoms with Crippen molar-refractivity contribution in [1.82, 2.24) is 5.32 Å². The number of phenolic OH excluding ortho intramolecular Hbond substituents is 1. The van der Waals surface area contributed by atoms with Gasteiger partial charge in [0.1, 0.15) is 5.75 Å². The number of amides is 1. The number of phenols is 1. The SMILES string of the molecule is CC(CNC(=O)COC(=O)c1ccc(O)cc1)c1ccccc1. The number of carbonyl (C=O) groups excluding carboxylic acids is 2. The molecule has 0 radical (unpaired) electrons. The lowest BCUT2D eigenvalue weighted by molar-refractivity contribution is -0.124. The topological polar surface area (TPSA) is 75.6 Å². The smallest absolute Gasteiger partial charge is 0.338 e. The third-order valence-corrected chi connectivity index (χ3v) is 3.41. The van der Waals surface area contributed by atoms with Gasteiger partial charge in [0.05, 0.1) is 5.56 Å². The molecule has 0 aliphatic rings. The van der Waals surface area contributed by atoms with Gasteiger partial charge in [0, 0.05) is 6.54 Å². The van der Waals surface area contributed by atoms with E-state index in [-0.39, 0.29) is 29.7 Å². The van der Waals surface area contributed by atoms with Crippen LogP contribution in [-0.4, -0.2) is 30.1 Å². The van der Waals surface area contributed by atoms with Crippen molar-refractivity contribution in [2.45, 2.75) is 12.8 Å². The van der Waals surface area contributed by atoms with Crippen LogP contribution < -0.4 is 5.32 Å². The van der Waals surface area contributed by atoms with E-state index >= 15 is 0 Å². The van der Waals surface area contributed by atoms with Crippen LogP contribution in [0.25, 0.3) is 0 Å². The molecule has 2 aromatic rings. The molecule has 0 saturated heterocycles. The van der Waals surface area contributed by atoms with E-state index in [4.69, 9.17) is 9.84 Å². The molecule has 0 aliphatic heterocycles. The Hall–Kier alpha value is -2.82. The highest BCUT2D eigenvalue weighted by Crippen LogP contribution is 2.13. The maximum Gasteiger partial charge on any atom is 0.338 e. The van der Waals surface area contributed by atoms with Crippen molar-refractivity contribution in [2.75, 3.05) is 13.2 Å². The first-order valence-electron chi connectivity index (χ1n) is 7.34. The van der Waals surface area contributed by atoms with Gasteiger partial charge in [0.25, 0.3) is 5.91 Å². The Kier molecular flexibility index (Phi) is 5.74. The molecule has 5 nitrogen and oxygen atoms in total. The Morgan fingerprint density at radius 3 is 2.39 bits per heavy atom. The molecule has 1 unspecified atom stereocenters. The zero-order valence-corrected chi connectivity index (χ0v) is 12.9. The normalized spacial score (nSPS) is 11.5. The molecule has 23 heavy (non-hydrogen) atoms. The number of rotatable bonds is 6. The van der Waals surface area contributed by atoms with Crippen LogP contribution in [0.5, 0.6) is 5.75 Å². The summed E-state index contributed by atoms with van der Waals surface area (Å²) in [7, 11) is 0. The third kappa shape index (κ3) is 5.14. The summed E-state index contributed by atoms with van der Waals surface area (Å²) in [6.07, 6.45) is 0. The second-order valence-corrected chi connectivity index (χ2v) is 5.24. The molecular formula is C18H19NO4. The van der Waals surface area contributed by atoms with Crippen LogP contribution in [0.4, 0.5) is 0 Å². The first-order chi connectivity index (χ1) is 11.1. The Morgan fingerprint density at radius 1 is 1.09 bits per heavy atom. The van der Waals surface area contributed by atoms with Crippen LogP contribution in [0.1, 0.15) is 28.8 Å². The van der Waals surface area contributed by atoms with E-state index in [1.165, 1.54) is 24.3 Å². The summed E-state index contributed by atoms with van der Waals surface area (Å²) in [6.45, 7) is 2.15. The summed E-state index contributed by atoms with van der Waals surface area (Å²) in [6, 6.07) is 15.5. The van der Waals surface area contributed by atoms with Crippen molar-refractivity contribution < 1.29 is 19.4 Å². The summed E-state index contributed by atoms with van der Waals surface area (Å²) < 4.78 is 4.94. The first kappa shape index (κ1) is 16.5. The highest BCUT2D eigenvalue weighted by molar-refractivity contribution is 5.91. The number of benzene rings is 2.